The highest BCUT2D eigenvalue weighted by Crippen LogP contribution is 2.36. The number of likely N-dealkylation sites (tertiary alicyclic amines) is 1. The lowest BCUT2D eigenvalue weighted by Gasteiger charge is -2.44. The van der Waals surface area contributed by atoms with Gasteiger partial charge in [0.2, 0.25) is 5.91 Å². The number of piperidine rings is 1. The van der Waals surface area contributed by atoms with Crippen LogP contribution in [-0.2, 0) is 9.59 Å². The van der Waals surface area contributed by atoms with E-state index in [9.17, 15) is 14.7 Å². The van der Waals surface area contributed by atoms with E-state index in [4.69, 9.17) is 5.73 Å². The second kappa shape index (κ2) is 7.25. The van der Waals surface area contributed by atoms with Gasteiger partial charge in [0, 0.05) is 18.5 Å². The van der Waals surface area contributed by atoms with Crippen LogP contribution in [0, 0.1) is 11.3 Å². The summed E-state index contributed by atoms with van der Waals surface area (Å²) >= 11 is 0. The Morgan fingerprint density at radius 3 is 2.48 bits per heavy atom. The summed E-state index contributed by atoms with van der Waals surface area (Å²) in [5, 5.41) is 9.51. The van der Waals surface area contributed by atoms with Gasteiger partial charge in [-0.25, -0.2) is 4.79 Å². The van der Waals surface area contributed by atoms with E-state index in [1.807, 2.05) is 27.7 Å². The number of carboxylic acids is 1. The predicted octanol–water partition coefficient (Wildman–Crippen LogP) is 2.24. The molecule has 0 spiro atoms. The number of hydrogen-bond donors (Lipinski definition) is 2. The van der Waals surface area contributed by atoms with Gasteiger partial charge in [0.15, 0.2) is 0 Å². The van der Waals surface area contributed by atoms with Crippen molar-refractivity contribution in [1.82, 2.24) is 4.90 Å². The molecule has 0 aromatic carbocycles. The normalized spacial score (nSPS) is 24.4. The van der Waals surface area contributed by atoms with Gasteiger partial charge in [0.25, 0.3) is 0 Å². The Labute approximate surface area is 127 Å². The van der Waals surface area contributed by atoms with Gasteiger partial charge >= 0.3 is 5.97 Å². The average molecular weight is 298 g/mol. The molecule has 0 saturated carbocycles. The molecule has 3 N–H and O–H groups in total. The number of amides is 1. The fourth-order valence-electron chi connectivity index (χ4n) is 3.25. The van der Waals surface area contributed by atoms with E-state index in [2.05, 4.69) is 0 Å². The molecule has 1 aliphatic rings. The molecule has 5 heteroatoms. The molecule has 0 aliphatic carbocycles. The highest BCUT2D eigenvalue weighted by atomic mass is 16.4. The Morgan fingerprint density at radius 1 is 1.33 bits per heavy atom. The Morgan fingerprint density at radius 2 is 1.95 bits per heavy atom. The van der Waals surface area contributed by atoms with Crippen molar-refractivity contribution in [2.24, 2.45) is 17.1 Å². The maximum atomic E-state index is 12.6. The van der Waals surface area contributed by atoms with Crippen molar-refractivity contribution < 1.29 is 14.7 Å². The molecule has 0 aromatic heterocycles. The van der Waals surface area contributed by atoms with Crippen molar-refractivity contribution in [3.63, 3.8) is 0 Å². The molecule has 0 aromatic rings. The van der Waals surface area contributed by atoms with Crippen LogP contribution in [0.3, 0.4) is 0 Å². The van der Waals surface area contributed by atoms with Crippen LogP contribution in [0.25, 0.3) is 0 Å². The smallest absolute Gasteiger partial charge is 0.326 e. The van der Waals surface area contributed by atoms with Crippen LogP contribution in [0.4, 0.5) is 0 Å². The number of carboxylic acid groups (broad SMARTS) is 1. The fraction of sp³-hybridized carbons (Fsp3) is 0.875. The minimum Gasteiger partial charge on any atom is -0.480 e. The van der Waals surface area contributed by atoms with Crippen molar-refractivity contribution >= 4 is 11.9 Å². The van der Waals surface area contributed by atoms with E-state index in [-0.39, 0.29) is 23.3 Å². The van der Waals surface area contributed by atoms with Gasteiger partial charge in [0.05, 0.1) is 0 Å². The third-order valence-electron chi connectivity index (χ3n) is 4.51. The van der Waals surface area contributed by atoms with E-state index in [1.54, 1.807) is 4.90 Å². The summed E-state index contributed by atoms with van der Waals surface area (Å²) in [5.41, 5.74) is 5.35. The summed E-state index contributed by atoms with van der Waals surface area (Å²) in [6, 6.07) is -0.567. The first kappa shape index (κ1) is 18.0. The number of hydrogen-bond acceptors (Lipinski definition) is 3. The third kappa shape index (κ3) is 4.70. The number of rotatable bonds is 6. The largest absolute Gasteiger partial charge is 0.480 e. The SMILES string of the molecule is CC(N)CCCC(C)C(=O)N1CCCC(C)(C)C1C(=O)O. The van der Waals surface area contributed by atoms with Gasteiger partial charge < -0.3 is 15.7 Å². The average Bonchev–Trinajstić information content (AvgIpc) is 2.35. The molecule has 122 valence electrons. The van der Waals surface area contributed by atoms with Crippen molar-refractivity contribution in [2.45, 2.75) is 71.9 Å². The van der Waals surface area contributed by atoms with Crippen LogP contribution in [0.15, 0.2) is 0 Å². The molecule has 1 amide bonds. The second-order valence-corrected chi connectivity index (χ2v) is 7.17. The zero-order chi connectivity index (χ0) is 16.2. The summed E-state index contributed by atoms with van der Waals surface area (Å²) in [5.74, 6) is -1.06. The summed E-state index contributed by atoms with van der Waals surface area (Å²) in [7, 11) is 0. The molecular weight excluding hydrogens is 268 g/mol. The van der Waals surface area contributed by atoms with Crippen molar-refractivity contribution in [1.29, 1.82) is 0 Å². The first-order valence-corrected chi connectivity index (χ1v) is 7.95. The Balaban J connectivity index is 2.72. The molecule has 1 heterocycles. The molecule has 0 bridgehead atoms. The lowest BCUT2D eigenvalue weighted by Crippen LogP contribution is -2.57. The van der Waals surface area contributed by atoms with Gasteiger partial charge in [0.1, 0.15) is 6.04 Å². The Hall–Kier alpha value is -1.10. The lowest BCUT2D eigenvalue weighted by molar-refractivity contribution is -0.160. The van der Waals surface area contributed by atoms with E-state index in [1.165, 1.54) is 0 Å². The fourth-order valence-corrected chi connectivity index (χ4v) is 3.25. The maximum Gasteiger partial charge on any atom is 0.326 e. The van der Waals surface area contributed by atoms with E-state index < -0.39 is 12.0 Å². The Bertz CT molecular complexity index is 380. The number of nitrogens with two attached hydrogens (primary N) is 1. The summed E-state index contributed by atoms with van der Waals surface area (Å²) < 4.78 is 0. The van der Waals surface area contributed by atoms with Gasteiger partial charge in [-0.05, 0) is 38.0 Å². The van der Waals surface area contributed by atoms with Crippen LogP contribution >= 0.6 is 0 Å². The minimum absolute atomic E-state index is 0.0279. The summed E-state index contributed by atoms with van der Waals surface area (Å²) in [6.07, 6.45) is 4.27. The minimum atomic E-state index is -0.893. The topological polar surface area (TPSA) is 83.6 Å². The maximum absolute atomic E-state index is 12.6. The van der Waals surface area contributed by atoms with E-state index in [0.717, 1.165) is 32.1 Å². The molecule has 1 fully saturated rings. The highest BCUT2D eigenvalue weighted by Gasteiger charge is 2.45. The van der Waals surface area contributed by atoms with Gasteiger partial charge in [-0.2, -0.15) is 0 Å². The van der Waals surface area contributed by atoms with Gasteiger partial charge in [-0.15, -0.1) is 0 Å². The second-order valence-electron chi connectivity index (χ2n) is 7.17. The molecule has 21 heavy (non-hydrogen) atoms. The monoisotopic (exact) mass is 298 g/mol. The van der Waals surface area contributed by atoms with Crippen LogP contribution in [0.2, 0.25) is 0 Å². The quantitative estimate of drug-likeness (QED) is 0.787. The van der Waals surface area contributed by atoms with Crippen molar-refractivity contribution in [2.75, 3.05) is 6.54 Å². The first-order valence-electron chi connectivity index (χ1n) is 7.95. The van der Waals surface area contributed by atoms with E-state index in [0.29, 0.717) is 6.54 Å². The lowest BCUT2D eigenvalue weighted by atomic mass is 9.76. The van der Waals surface area contributed by atoms with Gasteiger partial charge in [-0.3, -0.25) is 4.79 Å². The van der Waals surface area contributed by atoms with E-state index >= 15 is 0 Å². The third-order valence-corrected chi connectivity index (χ3v) is 4.51. The zero-order valence-electron chi connectivity index (χ0n) is 13.8. The zero-order valence-corrected chi connectivity index (χ0v) is 13.8. The summed E-state index contributed by atoms with van der Waals surface area (Å²) in [4.78, 5) is 25.8. The predicted molar refractivity (Wildman–Crippen MR) is 82.8 cm³/mol. The van der Waals surface area contributed by atoms with Crippen molar-refractivity contribution in [3.8, 4) is 0 Å². The number of aliphatic carboxylic acids is 1. The number of carbonyl (C=O) groups excluding carboxylic acids is 1. The van der Waals surface area contributed by atoms with Crippen LogP contribution in [-0.4, -0.2) is 40.5 Å². The molecule has 3 atom stereocenters. The van der Waals surface area contributed by atoms with Crippen molar-refractivity contribution in [3.05, 3.63) is 0 Å². The van der Waals surface area contributed by atoms with Crippen LogP contribution in [0.1, 0.15) is 59.8 Å². The molecule has 1 aliphatic heterocycles. The Kier molecular flexibility index (Phi) is 6.20. The standard InChI is InChI=1S/C16H30N2O3/c1-11(7-5-8-12(2)17)14(19)18-10-6-9-16(3,4)13(18)15(20)21/h11-13H,5-10,17H2,1-4H3,(H,20,21). The summed E-state index contributed by atoms with van der Waals surface area (Å²) in [6.45, 7) is 8.28. The molecule has 0 radical (unpaired) electrons. The first-order chi connectivity index (χ1) is 9.66. The van der Waals surface area contributed by atoms with Gasteiger partial charge in [-0.1, -0.05) is 27.2 Å². The molecule has 3 unspecified atom stereocenters. The highest BCUT2D eigenvalue weighted by molar-refractivity contribution is 5.85. The molecular formula is C16H30N2O3. The van der Waals surface area contributed by atoms with Crippen LogP contribution < -0.4 is 5.73 Å². The molecule has 1 saturated heterocycles. The van der Waals surface area contributed by atoms with Crippen LogP contribution in [0.5, 0.6) is 0 Å². The number of nitrogens with zero attached hydrogens (tertiary/aromatic N) is 1. The number of carbonyl (C=O) groups is 2. The molecule has 1 rings (SSSR count). The molecule has 5 nitrogen and oxygen atoms in total.